The Kier molecular flexibility index (Phi) is 3.18. The molecule has 0 aliphatic carbocycles. The van der Waals surface area contributed by atoms with Gasteiger partial charge in [0.25, 0.3) is 5.56 Å². The van der Waals surface area contributed by atoms with E-state index in [0.717, 1.165) is 29.7 Å². The Balaban J connectivity index is 2.81. The molecule has 0 amide bonds. The number of fused-ring (bicyclic) bond motifs is 1. The number of aromatic nitrogens is 1. The first kappa shape index (κ1) is 11.7. The average molecular weight is 231 g/mol. The molecule has 0 N–H and O–H groups in total. The standard InChI is InChI=1S/C14H17NO2/c1-4-6-10-9-12-11(14(16)15(10)2)7-5-8-13(12)17-3/h5,7-9H,4,6H2,1-3H3. The van der Waals surface area contributed by atoms with Crippen molar-refractivity contribution in [1.82, 2.24) is 4.57 Å². The summed E-state index contributed by atoms with van der Waals surface area (Å²) in [5.41, 5.74) is 1.10. The minimum Gasteiger partial charge on any atom is -0.496 e. The maximum Gasteiger partial charge on any atom is 0.258 e. The zero-order chi connectivity index (χ0) is 12.4. The Morgan fingerprint density at radius 1 is 1.29 bits per heavy atom. The Morgan fingerprint density at radius 3 is 2.71 bits per heavy atom. The molecule has 2 aromatic rings. The largest absolute Gasteiger partial charge is 0.496 e. The third-order valence-electron chi connectivity index (χ3n) is 3.07. The van der Waals surface area contributed by atoms with Gasteiger partial charge in [0.15, 0.2) is 0 Å². The number of ether oxygens (including phenoxy) is 1. The highest BCUT2D eigenvalue weighted by molar-refractivity contribution is 5.87. The van der Waals surface area contributed by atoms with Crippen molar-refractivity contribution in [3.8, 4) is 5.75 Å². The highest BCUT2D eigenvalue weighted by Crippen LogP contribution is 2.24. The predicted octanol–water partition coefficient (Wildman–Crippen LogP) is 2.50. The summed E-state index contributed by atoms with van der Waals surface area (Å²) in [7, 11) is 3.46. The second-order valence-corrected chi connectivity index (χ2v) is 4.17. The zero-order valence-corrected chi connectivity index (χ0v) is 10.5. The molecular weight excluding hydrogens is 214 g/mol. The molecule has 1 heterocycles. The first-order valence-corrected chi connectivity index (χ1v) is 5.84. The molecule has 0 unspecified atom stereocenters. The van der Waals surface area contributed by atoms with Gasteiger partial charge in [0.1, 0.15) is 5.75 Å². The molecule has 3 heteroatoms. The van der Waals surface area contributed by atoms with Crippen molar-refractivity contribution < 1.29 is 4.74 Å². The fraction of sp³-hybridized carbons (Fsp3) is 0.357. The number of benzene rings is 1. The van der Waals surface area contributed by atoms with Crippen LogP contribution in [0.4, 0.5) is 0 Å². The molecule has 0 atom stereocenters. The smallest absolute Gasteiger partial charge is 0.258 e. The van der Waals surface area contributed by atoms with Crippen LogP contribution in [0.1, 0.15) is 19.0 Å². The Bertz CT molecular complexity index is 599. The summed E-state index contributed by atoms with van der Waals surface area (Å²) in [5, 5.41) is 1.62. The van der Waals surface area contributed by atoms with Gasteiger partial charge in [-0.1, -0.05) is 19.4 Å². The summed E-state index contributed by atoms with van der Waals surface area (Å²) < 4.78 is 7.03. The molecular formula is C14H17NO2. The van der Waals surface area contributed by atoms with E-state index in [-0.39, 0.29) is 5.56 Å². The lowest BCUT2D eigenvalue weighted by Crippen LogP contribution is -2.20. The van der Waals surface area contributed by atoms with Crippen LogP contribution in [0.25, 0.3) is 10.8 Å². The van der Waals surface area contributed by atoms with Gasteiger partial charge in [-0.15, -0.1) is 0 Å². The van der Waals surface area contributed by atoms with Gasteiger partial charge in [0, 0.05) is 18.1 Å². The van der Waals surface area contributed by atoms with Gasteiger partial charge in [-0.3, -0.25) is 4.79 Å². The van der Waals surface area contributed by atoms with Crippen molar-refractivity contribution in [1.29, 1.82) is 0 Å². The second kappa shape index (κ2) is 4.62. The molecule has 0 radical (unpaired) electrons. The summed E-state index contributed by atoms with van der Waals surface area (Å²) >= 11 is 0. The van der Waals surface area contributed by atoms with E-state index in [4.69, 9.17) is 4.74 Å². The molecule has 2 rings (SSSR count). The number of pyridine rings is 1. The van der Waals surface area contributed by atoms with Crippen molar-refractivity contribution in [2.45, 2.75) is 19.8 Å². The fourth-order valence-corrected chi connectivity index (χ4v) is 2.13. The number of nitrogens with zero attached hydrogens (tertiary/aromatic N) is 1. The van der Waals surface area contributed by atoms with Crippen LogP contribution in [-0.2, 0) is 13.5 Å². The van der Waals surface area contributed by atoms with Crippen molar-refractivity contribution in [2.24, 2.45) is 7.05 Å². The first-order valence-electron chi connectivity index (χ1n) is 5.84. The average Bonchev–Trinajstić information content (AvgIpc) is 2.35. The molecule has 17 heavy (non-hydrogen) atoms. The molecule has 0 bridgehead atoms. The van der Waals surface area contributed by atoms with Gasteiger partial charge in [-0.2, -0.15) is 0 Å². The van der Waals surface area contributed by atoms with Crippen molar-refractivity contribution in [3.63, 3.8) is 0 Å². The summed E-state index contributed by atoms with van der Waals surface area (Å²) in [6, 6.07) is 7.63. The molecule has 0 fully saturated rings. The summed E-state index contributed by atoms with van der Waals surface area (Å²) in [6.45, 7) is 2.11. The monoisotopic (exact) mass is 231 g/mol. The fourth-order valence-electron chi connectivity index (χ4n) is 2.13. The summed E-state index contributed by atoms with van der Waals surface area (Å²) in [6.07, 6.45) is 1.92. The van der Waals surface area contributed by atoms with Crippen LogP contribution in [0, 0.1) is 0 Å². The van der Waals surface area contributed by atoms with E-state index in [9.17, 15) is 4.79 Å². The lowest BCUT2D eigenvalue weighted by Gasteiger charge is -2.11. The topological polar surface area (TPSA) is 31.2 Å². The molecule has 1 aromatic heterocycles. The minimum absolute atomic E-state index is 0.0462. The van der Waals surface area contributed by atoms with E-state index in [0.29, 0.717) is 5.39 Å². The van der Waals surface area contributed by atoms with E-state index < -0.39 is 0 Å². The molecule has 0 saturated carbocycles. The minimum atomic E-state index is 0.0462. The Labute approximate surface area is 101 Å². The number of hydrogen-bond acceptors (Lipinski definition) is 2. The molecule has 0 aliphatic rings. The maximum atomic E-state index is 12.2. The van der Waals surface area contributed by atoms with Gasteiger partial charge >= 0.3 is 0 Å². The molecule has 1 aromatic carbocycles. The number of hydrogen-bond donors (Lipinski definition) is 0. The third-order valence-corrected chi connectivity index (χ3v) is 3.07. The highest BCUT2D eigenvalue weighted by Gasteiger charge is 2.09. The predicted molar refractivity (Wildman–Crippen MR) is 69.7 cm³/mol. The molecule has 90 valence electrons. The normalized spacial score (nSPS) is 10.8. The Hall–Kier alpha value is -1.77. The van der Waals surface area contributed by atoms with Crippen LogP contribution in [0.2, 0.25) is 0 Å². The molecule has 0 saturated heterocycles. The van der Waals surface area contributed by atoms with E-state index >= 15 is 0 Å². The van der Waals surface area contributed by atoms with E-state index in [1.807, 2.05) is 25.2 Å². The van der Waals surface area contributed by atoms with Crippen LogP contribution < -0.4 is 10.3 Å². The number of methoxy groups -OCH3 is 1. The molecule has 0 spiro atoms. The van der Waals surface area contributed by atoms with Crippen LogP contribution >= 0.6 is 0 Å². The lowest BCUT2D eigenvalue weighted by atomic mass is 10.1. The van der Waals surface area contributed by atoms with Gasteiger partial charge in [-0.25, -0.2) is 0 Å². The quantitative estimate of drug-likeness (QED) is 0.812. The van der Waals surface area contributed by atoms with Crippen LogP contribution in [0.3, 0.4) is 0 Å². The van der Waals surface area contributed by atoms with E-state index in [1.165, 1.54) is 0 Å². The van der Waals surface area contributed by atoms with E-state index in [1.54, 1.807) is 11.7 Å². The van der Waals surface area contributed by atoms with Gasteiger partial charge in [0.2, 0.25) is 0 Å². The third kappa shape index (κ3) is 1.93. The molecule has 0 aliphatic heterocycles. The van der Waals surface area contributed by atoms with Crippen LogP contribution in [0.15, 0.2) is 29.1 Å². The van der Waals surface area contributed by atoms with Crippen LogP contribution in [-0.4, -0.2) is 11.7 Å². The summed E-state index contributed by atoms with van der Waals surface area (Å²) in [5.74, 6) is 0.762. The zero-order valence-electron chi connectivity index (χ0n) is 10.5. The highest BCUT2D eigenvalue weighted by atomic mass is 16.5. The molecule has 3 nitrogen and oxygen atoms in total. The SMILES string of the molecule is CCCc1cc2c(OC)cccc2c(=O)n1C. The number of rotatable bonds is 3. The second-order valence-electron chi connectivity index (χ2n) is 4.17. The summed E-state index contributed by atoms with van der Waals surface area (Å²) in [4.78, 5) is 12.2. The maximum absolute atomic E-state index is 12.2. The number of aryl methyl sites for hydroxylation is 1. The lowest BCUT2D eigenvalue weighted by molar-refractivity contribution is 0.419. The van der Waals surface area contributed by atoms with Gasteiger partial charge < -0.3 is 9.30 Å². The van der Waals surface area contributed by atoms with Crippen molar-refractivity contribution in [3.05, 3.63) is 40.3 Å². The van der Waals surface area contributed by atoms with Crippen LogP contribution in [0.5, 0.6) is 5.75 Å². The first-order chi connectivity index (χ1) is 8.19. The van der Waals surface area contributed by atoms with E-state index in [2.05, 4.69) is 13.0 Å². The van der Waals surface area contributed by atoms with Crippen molar-refractivity contribution >= 4 is 10.8 Å². The van der Waals surface area contributed by atoms with Crippen molar-refractivity contribution in [2.75, 3.05) is 7.11 Å². The van der Waals surface area contributed by atoms with Gasteiger partial charge in [-0.05, 0) is 24.6 Å². The Morgan fingerprint density at radius 2 is 2.06 bits per heavy atom. The van der Waals surface area contributed by atoms with Gasteiger partial charge in [0.05, 0.1) is 12.5 Å².